The first-order valence-electron chi connectivity index (χ1n) is 14.9. The van der Waals surface area contributed by atoms with Gasteiger partial charge in [-0.2, -0.15) is 0 Å². The number of nitrogens with two attached hydrogens (primary N) is 1. The third-order valence-corrected chi connectivity index (χ3v) is 9.84. The number of hydrogen-bond donors (Lipinski definition) is 3. The van der Waals surface area contributed by atoms with Crippen molar-refractivity contribution in [1.82, 2.24) is 19.8 Å². The molecule has 5 rings (SSSR count). The number of aromatic nitrogens is 2. The number of carbonyl (C=O) groups excluding carboxylic acids is 1. The van der Waals surface area contributed by atoms with E-state index in [1.807, 2.05) is 54.6 Å². The van der Waals surface area contributed by atoms with Crippen LogP contribution in [0.15, 0.2) is 73.4 Å². The van der Waals surface area contributed by atoms with Gasteiger partial charge in [-0.15, -0.1) is 0 Å². The number of nitrogens with zero attached hydrogens (tertiary/aromatic N) is 4. The molecule has 2 heterocycles. The zero-order valence-electron chi connectivity index (χ0n) is 26.5. The molecule has 0 unspecified atom stereocenters. The normalized spacial score (nSPS) is 14.1. The Labute approximate surface area is 275 Å². The van der Waals surface area contributed by atoms with E-state index in [2.05, 4.69) is 39.0 Å². The second kappa shape index (κ2) is 14.1. The van der Waals surface area contributed by atoms with Crippen LogP contribution in [0.1, 0.15) is 5.56 Å². The molecule has 0 spiro atoms. The van der Waals surface area contributed by atoms with Crippen molar-refractivity contribution in [2.45, 2.75) is 6.54 Å². The molecule has 46 heavy (non-hydrogen) atoms. The maximum absolute atomic E-state index is 13.0. The molecule has 3 aromatic carbocycles. The molecule has 4 N–H and O–H groups in total. The Morgan fingerprint density at radius 3 is 2.48 bits per heavy atom. The van der Waals surface area contributed by atoms with E-state index in [4.69, 9.17) is 27.1 Å². The number of amides is 1. The largest absolute Gasteiger partial charge is 0.495 e. The molecule has 0 aliphatic carbocycles. The molecule has 1 aromatic heterocycles. The number of ether oxygens (including phenoxy) is 1. The predicted octanol–water partition coefficient (Wildman–Crippen LogP) is 5.92. The van der Waals surface area contributed by atoms with Gasteiger partial charge in [-0.1, -0.05) is 42.4 Å². The van der Waals surface area contributed by atoms with Crippen LogP contribution in [0.3, 0.4) is 0 Å². The smallest absolute Gasteiger partial charge is 0.247 e. The molecule has 1 saturated heterocycles. The minimum Gasteiger partial charge on any atom is -0.495 e. The number of piperazine rings is 1. The van der Waals surface area contributed by atoms with Crippen molar-refractivity contribution in [3.63, 3.8) is 0 Å². The Balaban J connectivity index is 1.67. The highest BCUT2D eigenvalue weighted by atomic mass is 35.5. The lowest BCUT2D eigenvalue weighted by molar-refractivity contribution is -0.111. The third-order valence-electron chi connectivity index (χ3n) is 8.02. The van der Waals surface area contributed by atoms with Crippen LogP contribution in [0.2, 0.25) is 5.02 Å². The van der Waals surface area contributed by atoms with Crippen LogP contribution < -0.4 is 26.4 Å². The summed E-state index contributed by atoms with van der Waals surface area (Å²) < 4.78 is 18.7. The molecule has 0 atom stereocenters. The number of likely N-dealkylation sites (N-methyl/N-ethyl adjacent to an activating group) is 1. The zero-order valence-corrected chi connectivity index (χ0v) is 28.2. The van der Waals surface area contributed by atoms with Crippen molar-refractivity contribution in [3.05, 3.63) is 84.0 Å². The molecule has 0 bridgehead atoms. The topological polar surface area (TPSA) is 126 Å². The van der Waals surface area contributed by atoms with E-state index in [0.29, 0.717) is 51.9 Å². The maximum atomic E-state index is 13.0. The lowest BCUT2D eigenvalue weighted by Crippen LogP contribution is -2.44. The van der Waals surface area contributed by atoms with Crippen LogP contribution in [0.5, 0.6) is 5.75 Å². The first kappa shape index (κ1) is 33.2. The minimum absolute atomic E-state index is 0.286. The van der Waals surface area contributed by atoms with E-state index in [1.165, 1.54) is 12.3 Å². The van der Waals surface area contributed by atoms with Gasteiger partial charge in [-0.05, 0) is 73.5 Å². The van der Waals surface area contributed by atoms with E-state index in [0.717, 1.165) is 42.9 Å². The average Bonchev–Trinajstić information content (AvgIpc) is 3.03. The number of para-hydroxylation sites is 1. The van der Waals surface area contributed by atoms with E-state index >= 15 is 0 Å². The molecular weight excluding hydrogens is 621 g/mol. The minimum atomic E-state index is -2.61. The van der Waals surface area contributed by atoms with Crippen LogP contribution in [0.25, 0.3) is 22.5 Å². The van der Waals surface area contributed by atoms with E-state index in [9.17, 15) is 9.36 Å². The number of anilines is 4. The van der Waals surface area contributed by atoms with Gasteiger partial charge in [0.2, 0.25) is 5.91 Å². The Kier molecular flexibility index (Phi) is 10.1. The summed E-state index contributed by atoms with van der Waals surface area (Å²) in [6.45, 7) is 11.3. The first-order valence-corrected chi connectivity index (χ1v) is 17.9. The fourth-order valence-electron chi connectivity index (χ4n) is 5.54. The van der Waals surface area contributed by atoms with Gasteiger partial charge in [-0.3, -0.25) is 9.69 Å². The summed E-state index contributed by atoms with van der Waals surface area (Å²) in [5, 5.41) is 7.24. The zero-order chi connectivity index (χ0) is 33.0. The number of benzene rings is 3. The molecule has 0 radical (unpaired) electrons. The monoisotopic (exact) mass is 659 g/mol. The molecule has 0 saturated carbocycles. The van der Waals surface area contributed by atoms with Crippen molar-refractivity contribution >= 4 is 52.8 Å². The predicted molar refractivity (Wildman–Crippen MR) is 189 cm³/mol. The van der Waals surface area contributed by atoms with Gasteiger partial charge in [0.25, 0.3) is 0 Å². The molecule has 1 aliphatic heterocycles. The molecular formula is C34H39ClN7O3P. The molecule has 240 valence electrons. The van der Waals surface area contributed by atoms with E-state index < -0.39 is 7.14 Å². The highest BCUT2D eigenvalue weighted by Gasteiger charge is 2.24. The summed E-state index contributed by atoms with van der Waals surface area (Å²) in [7, 11) is 1.06. The van der Waals surface area contributed by atoms with Crippen LogP contribution in [0, 0.1) is 0 Å². The number of methoxy groups -OCH3 is 1. The van der Waals surface area contributed by atoms with Crippen LogP contribution in [-0.2, 0) is 15.9 Å². The maximum Gasteiger partial charge on any atom is 0.247 e. The highest BCUT2D eigenvalue weighted by molar-refractivity contribution is 7.70. The Morgan fingerprint density at radius 1 is 1.07 bits per heavy atom. The SMILES string of the molecule is C=CC(=O)Nc1cccc(-c2ccc(OC)c(N)c2-c2ncc(Cl)c(Nc3ccccc3P(C)(C)=O)n2)c1CN1CCN(C)CC1. The summed E-state index contributed by atoms with van der Waals surface area (Å²) in [6.07, 6.45) is 2.77. The van der Waals surface area contributed by atoms with Crippen molar-refractivity contribution in [1.29, 1.82) is 0 Å². The first-order chi connectivity index (χ1) is 22.0. The Hall–Kier alpha value is -4.21. The average molecular weight is 660 g/mol. The van der Waals surface area contributed by atoms with Crippen molar-refractivity contribution < 1.29 is 14.1 Å². The lowest BCUT2D eigenvalue weighted by Gasteiger charge is -2.33. The summed E-state index contributed by atoms with van der Waals surface area (Å²) >= 11 is 6.61. The van der Waals surface area contributed by atoms with Crippen molar-refractivity contribution in [2.24, 2.45) is 0 Å². The van der Waals surface area contributed by atoms with Gasteiger partial charge >= 0.3 is 0 Å². The second-order valence-electron chi connectivity index (χ2n) is 11.6. The van der Waals surface area contributed by atoms with Gasteiger partial charge < -0.3 is 30.6 Å². The van der Waals surface area contributed by atoms with Crippen molar-refractivity contribution in [3.8, 4) is 28.3 Å². The highest BCUT2D eigenvalue weighted by Crippen LogP contribution is 2.44. The number of rotatable bonds is 10. The van der Waals surface area contributed by atoms with Gasteiger partial charge in [0.1, 0.15) is 17.9 Å². The molecule has 1 fully saturated rings. The molecule has 4 aromatic rings. The molecule has 10 nitrogen and oxygen atoms in total. The summed E-state index contributed by atoms with van der Waals surface area (Å²) in [5.41, 5.74) is 11.6. The van der Waals surface area contributed by atoms with Gasteiger partial charge in [0.05, 0.1) is 30.2 Å². The van der Waals surface area contributed by atoms with Gasteiger partial charge in [-0.25, -0.2) is 9.97 Å². The Bertz CT molecular complexity index is 1820. The molecule has 12 heteroatoms. The number of carbonyl (C=O) groups is 1. The third kappa shape index (κ3) is 7.26. The summed E-state index contributed by atoms with van der Waals surface area (Å²) in [5.74, 6) is 0.821. The van der Waals surface area contributed by atoms with E-state index in [1.54, 1.807) is 20.4 Å². The Morgan fingerprint density at radius 2 is 1.78 bits per heavy atom. The van der Waals surface area contributed by atoms with Crippen LogP contribution in [0.4, 0.5) is 22.9 Å². The second-order valence-corrected chi connectivity index (χ2v) is 15.2. The van der Waals surface area contributed by atoms with E-state index in [-0.39, 0.29) is 10.9 Å². The number of nitrogen functional groups attached to an aromatic ring is 1. The number of halogens is 1. The van der Waals surface area contributed by atoms with Gasteiger partial charge in [0, 0.05) is 43.7 Å². The summed E-state index contributed by atoms with van der Waals surface area (Å²) in [6, 6.07) is 16.9. The number of nitrogens with one attached hydrogen (secondary N) is 2. The standard InChI is InChI=1S/C34H39ClN7O3P/c1-6-30(43)38-26-12-9-10-22(24(26)21-42-18-16-41(2)17-19-42)23-14-15-28(45-3)32(36)31(23)34-37-20-25(35)33(40-34)39-27-11-7-8-13-29(27)46(4,5)44/h6-15,20H,1,16-19,21,36H2,2-5H3,(H,38,43)(H,37,39,40). The van der Waals surface area contributed by atoms with Crippen LogP contribution in [-0.4, -0.2) is 79.3 Å². The summed E-state index contributed by atoms with van der Waals surface area (Å²) in [4.78, 5) is 26.6. The quantitative estimate of drug-likeness (QED) is 0.108. The molecule has 1 amide bonds. The van der Waals surface area contributed by atoms with Crippen molar-refractivity contribution in [2.75, 3.05) is 70.0 Å². The van der Waals surface area contributed by atoms with Crippen LogP contribution >= 0.6 is 18.7 Å². The van der Waals surface area contributed by atoms with Gasteiger partial charge in [0.15, 0.2) is 11.6 Å². The fraction of sp³-hybridized carbons (Fsp3) is 0.265. The number of hydrogen-bond acceptors (Lipinski definition) is 9. The molecule has 1 aliphatic rings. The lowest BCUT2D eigenvalue weighted by atomic mass is 9.92. The fourth-order valence-corrected chi connectivity index (χ4v) is 6.83.